The van der Waals surface area contributed by atoms with E-state index >= 15 is 0 Å². The van der Waals surface area contributed by atoms with E-state index in [4.69, 9.17) is 0 Å². The van der Waals surface area contributed by atoms with Crippen LogP contribution < -0.4 is 10.6 Å². The molecule has 1 saturated heterocycles. The number of nitrogens with one attached hydrogen (secondary N) is 2. The number of rotatable bonds is 2. The van der Waals surface area contributed by atoms with Crippen LogP contribution in [0.1, 0.15) is 24.2 Å². The summed E-state index contributed by atoms with van der Waals surface area (Å²) in [6.45, 7) is 6.31. The van der Waals surface area contributed by atoms with Gasteiger partial charge in [0.05, 0.1) is 0 Å². The Hall–Kier alpha value is -0.740. The van der Waals surface area contributed by atoms with Crippen molar-refractivity contribution in [3.8, 4) is 0 Å². The molecule has 3 nitrogen and oxygen atoms in total. The zero-order chi connectivity index (χ0) is 10.7. The first-order valence-corrected chi connectivity index (χ1v) is 5.66. The molecule has 4 heteroatoms. The zero-order valence-electron chi connectivity index (χ0n) is 10.0. The van der Waals surface area contributed by atoms with Crippen molar-refractivity contribution < 1.29 is 0 Å². The highest BCUT2D eigenvalue weighted by Gasteiger charge is 2.12. The van der Waals surface area contributed by atoms with Gasteiger partial charge in [0.1, 0.15) is 0 Å². The average molecular weight is 239 g/mol. The Kier molecular flexibility index (Phi) is 5.09. The van der Waals surface area contributed by atoms with Crippen LogP contribution in [0.3, 0.4) is 0 Å². The Labute approximate surface area is 104 Å². The summed E-state index contributed by atoms with van der Waals surface area (Å²) in [4.78, 5) is 4.37. The first-order chi connectivity index (χ1) is 7.24. The van der Waals surface area contributed by atoms with Crippen LogP contribution in [0.4, 0.5) is 5.69 Å². The summed E-state index contributed by atoms with van der Waals surface area (Å²) in [7, 11) is 0. The van der Waals surface area contributed by atoms with Gasteiger partial charge in [-0.15, -0.1) is 0 Å². The van der Waals surface area contributed by atoms with Crippen molar-refractivity contribution in [2.75, 3.05) is 18.4 Å². The van der Waals surface area contributed by atoms with Gasteiger partial charge in [0.15, 0.2) is 0 Å². The van der Waals surface area contributed by atoms with Gasteiger partial charge in [-0.3, -0.25) is 4.98 Å². The maximum atomic E-state index is 4.37. The lowest BCUT2D eigenvalue weighted by atomic mass is 10.1. The molecule has 0 bridgehead atoms. The van der Waals surface area contributed by atoms with Gasteiger partial charge in [-0.1, -0.05) is 0 Å². The van der Waals surface area contributed by atoms with Crippen molar-refractivity contribution in [2.24, 2.45) is 0 Å². The number of hydrogen-bond donors (Lipinski definition) is 2. The molecule has 0 saturated carbocycles. The summed E-state index contributed by atoms with van der Waals surface area (Å²) in [5.41, 5.74) is 3.37. The number of pyridine rings is 1. The topological polar surface area (TPSA) is 37.0 Å². The quantitative estimate of drug-likeness (QED) is 0.828. The molecule has 16 heavy (non-hydrogen) atoms. The first kappa shape index (κ1) is 13.3. The molecule has 0 radical (unpaired) electrons. The predicted octanol–water partition coefficient (Wildman–Crippen LogP) is 1.98. The monoisotopic (exact) mass is 239 g/mol. The van der Waals surface area contributed by atoms with Gasteiger partial charge in [0.25, 0.3) is 0 Å². The van der Waals surface area contributed by atoms with Gasteiger partial charge >= 0.3 is 0 Å². The van der Waals surface area contributed by atoms with Crippen LogP contribution in [0.2, 0.25) is 0 Å². The minimum absolute atomic E-state index is 0. The van der Waals surface area contributed by atoms with Crippen LogP contribution in [-0.2, 0) is 0 Å². The summed E-state index contributed by atoms with van der Waals surface area (Å²) in [5.74, 6) is 0. The van der Waals surface area contributed by atoms with Gasteiger partial charge in [-0.2, -0.15) is 13.5 Å². The Morgan fingerprint density at radius 2 is 2.00 bits per heavy atom. The molecule has 1 aromatic heterocycles. The van der Waals surface area contributed by atoms with E-state index in [0.29, 0.717) is 6.04 Å². The Bertz CT molecular complexity index is 315. The smallest absolute Gasteiger partial charge is 0.0396 e. The molecule has 0 aromatic carbocycles. The van der Waals surface area contributed by atoms with E-state index in [1.54, 1.807) is 0 Å². The summed E-state index contributed by atoms with van der Waals surface area (Å²) < 4.78 is 0. The third kappa shape index (κ3) is 3.68. The Morgan fingerprint density at radius 3 is 2.56 bits per heavy atom. The van der Waals surface area contributed by atoms with E-state index in [1.165, 1.54) is 18.5 Å². The molecule has 0 amide bonds. The number of aryl methyl sites for hydroxylation is 2. The molecule has 1 aliphatic heterocycles. The van der Waals surface area contributed by atoms with E-state index in [-0.39, 0.29) is 13.5 Å². The molecular formula is C12H21N3S. The summed E-state index contributed by atoms with van der Waals surface area (Å²) in [6, 6.07) is 4.79. The lowest BCUT2D eigenvalue weighted by Gasteiger charge is -2.25. The fraction of sp³-hybridized carbons (Fsp3) is 0.583. The van der Waals surface area contributed by atoms with Crippen molar-refractivity contribution in [1.29, 1.82) is 0 Å². The Balaban J connectivity index is 0.00000128. The SMILES string of the molecule is Cc1cc(N[C@@H]2CCCNC2)cc(C)n1.S. The van der Waals surface area contributed by atoms with E-state index < -0.39 is 0 Å². The fourth-order valence-corrected chi connectivity index (χ4v) is 2.13. The van der Waals surface area contributed by atoms with Crippen LogP contribution in [0.15, 0.2) is 12.1 Å². The molecule has 1 atom stereocenters. The van der Waals surface area contributed by atoms with Crippen molar-refractivity contribution in [1.82, 2.24) is 10.3 Å². The molecule has 2 rings (SSSR count). The number of nitrogens with zero attached hydrogens (tertiary/aromatic N) is 1. The van der Waals surface area contributed by atoms with Crippen LogP contribution in [-0.4, -0.2) is 24.1 Å². The second-order valence-corrected chi connectivity index (χ2v) is 4.33. The predicted molar refractivity (Wildman–Crippen MR) is 73.6 cm³/mol. The molecule has 1 fully saturated rings. The van der Waals surface area contributed by atoms with E-state index in [1.807, 2.05) is 13.8 Å². The van der Waals surface area contributed by atoms with Gasteiger partial charge in [0, 0.05) is 29.7 Å². The average Bonchev–Trinajstić information content (AvgIpc) is 2.17. The lowest BCUT2D eigenvalue weighted by Crippen LogP contribution is -2.38. The highest BCUT2D eigenvalue weighted by atomic mass is 32.1. The Morgan fingerprint density at radius 1 is 1.31 bits per heavy atom. The van der Waals surface area contributed by atoms with Gasteiger partial charge in [0.2, 0.25) is 0 Å². The lowest BCUT2D eigenvalue weighted by molar-refractivity contribution is 0.480. The second-order valence-electron chi connectivity index (χ2n) is 4.33. The largest absolute Gasteiger partial charge is 0.381 e. The highest BCUT2D eigenvalue weighted by molar-refractivity contribution is 7.59. The molecule has 2 N–H and O–H groups in total. The van der Waals surface area contributed by atoms with Crippen molar-refractivity contribution in [3.63, 3.8) is 0 Å². The van der Waals surface area contributed by atoms with E-state index in [9.17, 15) is 0 Å². The van der Waals surface area contributed by atoms with Gasteiger partial charge in [-0.25, -0.2) is 0 Å². The van der Waals surface area contributed by atoms with Crippen LogP contribution in [0.25, 0.3) is 0 Å². The summed E-state index contributed by atoms with van der Waals surface area (Å²) >= 11 is 0. The zero-order valence-corrected chi connectivity index (χ0v) is 11.0. The van der Waals surface area contributed by atoms with Crippen LogP contribution in [0.5, 0.6) is 0 Å². The molecule has 2 heterocycles. The number of hydrogen-bond acceptors (Lipinski definition) is 3. The molecule has 0 unspecified atom stereocenters. The van der Waals surface area contributed by atoms with Gasteiger partial charge in [-0.05, 0) is 45.4 Å². The highest BCUT2D eigenvalue weighted by Crippen LogP contribution is 2.14. The fourth-order valence-electron chi connectivity index (χ4n) is 2.13. The molecular weight excluding hydrogens is 218 g/mol. The summed E-state index contributed by atoms with van der Waals surface area (Å²) in [6.07, 6.45) is 2.52. The van der Waals surface area contributed by atoms with E-state index in [0.717, 1.165) is 24.5 Å². The van der Waals surface area contributed by atoms with Crippen molar-refractivity contribution in [2.45, 2.75) is 32.7 Å². The standard InChI is InChI=1S/C12H19N3.H2S/c1-9-6-12(7-10(2)14-9)15-11-4-3-5-13-8-11;/h6-7,11,13H,3-5,8H2,1-2H3,(H,14,15);1H2/t11-;/m1./s1. The maximum Gasteiger partial charge on any atom is 0.0396 e. The minimum Gasteiger partial charge on any atom is -0.381 e. The van der Waals surface area contributed by atoms with Crippen molar-refractivity contribution in [3.05, 3.63) is 23.5 Å². The third-order valence-corrected chi connectivity index (χ3v) is 2.75. The minimum atomic E-state index is 0. The van der Waals surface area contributed by atoms with E-state index in [2.05, 4.69) is 27.8 Å². The normalized spacial score (nSPS) is 20.0. The maximum absolute atomic E-state index is 4.37. The molecule has 90 valence electrons. The molecule has 1 aliphatic rings. The van der Waals surface area contributed by atoms with Crippen LogP contribution >= 0.6 is 13.5 Å². The van der Waals surface area contributed by atoms with Crippen molar-refractivity contribution >= 4 is 19.2 Å². The molecule has 1 aromatic rings. The first-order valence-electron chi connectivity index (χ1n) is 5.66. The third-order valence-electron chi connectivity index (χ3n) is 2.75. The molecule has 0 aliphatic carbocycles. The second kappa shape index (κ2) is 6.11. The molecule has 0 spiro atoms. The number of aromatic nitrogens is 1. The number of anilines is 1. The van der Waals surface area contributed by atoms with Crippen LogP contribution in [0, 0.1) is 13.8 Å². The number of piperidine rings is 1. The van der Waals surface area contributed by atoms with Gasteiger partial charge < -0.3 is 10.6 Å². The summed E-state index contributed by atoms with van der Waals surface area (Å²) in [5, 5.41) is 6.97.